The Labute approximate surface area is 151 Å². The fourth-order valence-corrected chi connectivity index (χ4v) is 3.37. The molecule has 0 spiro atoms. The second-order valence-electron chi connectivity index (χ2n) is 5.27. The lowest BCUT2D eigenvalue weighted by molar-refractivity contribution is -0.116. The van der Waals surface area contributed by atoms with Crippen LogP contribution < -0.4 is 9.62 Å². The van der Waals surface area contributed by atoms with Crippen molar-refractivity contribution in [1.82, 2.24) is 0 Å². The van der Waals surface area contributed by atoms with E-state index in [0.717, 1.165) is 10.6 Å². The number of amides is 1. The van der Waals surface area contributed by atoms with E-state index in [2.05, 4.69) is 5.32 Å². The normalized spacial score (nSPS) is 10.8. The molecule has 0 saturated heterocycles. The minimum absolute atomic E-state index is 0.0701. The first kappa shape index (κ1) is 18.8. The molecule has 0 aliphatic rings. The standard InChI is InChI=1S/C17H16ClN3O3S/c1-25(23,24)21(16-8-3-2-5-13(16)12-19)10-9-17(22)20-15-7-4-6-14(18)11-15/h2-8,11H,9-10H2,1H3,(H,20,22). The molecule has 0 fully saturated rings. The molecular weight excluding hydrogens is 362 g/mol. The lowest BCUT2D eigenvalue weighted by atomic mass is 10.2. The molecular formula is C17H16ClN3O3S. The van der Waals surface area contributed by atoms with E-state index in [1.165, 1.54) is 12.1 Å². The zero-order valence-electron chi connectivity index (χ0n) is 13.4. The first-order valence-electron chi connectivity index (χ1n) is 7.33. The van der Waals surface area contributed by atoms with E-state index in [-0.39, 0.29) is 30.1 Å². The van der Waals surface area contributed by atoms with Gasteiger partial charge in [0.1, 0.15) is 6.07 Å². The van der Waals surface area contributed by atoms with E-state index in [0.29, 0.717) is 10.7 Å². The third-order valence-corrected chi connectivity index (χ3v) is 4.76. The van der Waals surface area contributed by atoms with Gasteiger partial charge in [-0.3, -0.25) is 9.10 Å². The topological polar surface area (TPSA) is 90.3 Å². The van der Waals surface area contributed by atoms with Crippen molar-refractivity contribution in [3.05, 3.63) is 59.1 Å². The second-order valence-corrected chi connectivity index (χ2v) is 7.62. The van der Waals surface area contributed by atoms with Gasteiger partial charge < -0.3 is 5.32 Å². The number of anilines is 2. The van der Waals surface area contributed by atoms with Crippen molar-refractivity contribution in [1.29, 1.82) is 5.26 Å². The SMILES string of the molecule is CS(=O)(=O)N(CCC(=O)Nc1cccc(Cl)c1)c1ccccc1C#N. The van der Waals surface area contributed by atoms with Crippen LogP contribution in [0.2, 0.25) is 5.02 Å². The summed E-state index contributed by atoms with van der Waals surface area (Å²) in [5, 5.41) is 12.3. The molecule has 0 heterocycles. The van der Waals surface area contributed by atoms with E-state index in [1.54, 1.807) is 36.4 Å². The zero-order chi connectivity index (χ0) is 18.4. The molecule has 25 heavy (non-hydrogen) atoms. The van der Waals surface area contributed by atoms with Crippen molar-refractivity contribution >= 4 is 38.9 Å². The van der Waals surface area contributed by atoms with Crippen molar-refractivity contribution in [3.63, 3.8) is 0 Å². The molecule has 2 aromatic rings. The largest absolute Gasteiger partial charge is 0.326 e. The smallest absolute Gasteiger partial charge is 0.232 e. The average Bonchev–Trinajstić information content (AvgIpc) is 2.54. The average molecular weight is 378 g/mol. The Morgan fingerprint density at radius 3 is 2.60 bits per heavy atom. The summed E-state index contributed by atoms with van der Waals surface area (Å²) in [6, 6.07) is 15.0. The fraction of sp³-hybridized carbons (Fsp3) is 0.176. The zero-order valence-corrected chi connectivity index (χ0v) is 15.0. The maximum Gasteiger partial charge on any atom is 0.232 e. The Hall–Kier alpha value is -2.56. The van der Waals surface area contributed by atoms with E-state index in [1.807, 2.05) is 6.07 Å². The van der Waals surface area contributed by atoms with Gasteiger partial charge in [-0.05, 0) is 30.3 Å². The maximum atomic E-state index is 12.1. The number of rotatable bonds is 6. The second kappa shape index (κ2) is 8.01. The number of nitrogens with one attached hydrogen (secondary N) is 1. The van der Waals surface area contributed by atoms with Gasteiger partial charge in [-0.2, -0.15) is 5.26 Å². The predicted octanol–water partition coefficient (Wildman–Crippen LogP) is 3.01. The molecule has 2 rings (SSSR count). The molecule has 0 bridgehead atoms. The molecule has 130 valence electrons. The van der Waals surface area contributed by atoms with Crippen LogP contribution in [0.25, 0.3) is 0 Å². The highest BCUT2D eigenvalue weighted by atomic mass is 35.5. The number of nitriles is 1. The quantitative estimate of drug-likeness (QED) is 0.837. The molecule has 8 heteroatoms. The number of hydrogen-bond acceptors (Lipinski definition) is 4. The van der Waals surface area contributed by atoms with Gasteiger partial charge in [0.25, 0.3) is 0 Å². The lowest BCUT2D eigenvalue weighted by Gasteiger charge is -2.23. The summed E-state index contributed by atoms with van der Waals surface area (Å²) in [6.07, 6.45) is 0.968. The van der Waals surface area contributed by atoms with Gasteiger partial charge in [0, 0.05) is 23.7 Å². The van der Waals surface area contributed by atoms with Gasteiger partial charge in [-0.25, -0.2) is 8.42 Å². The van der Waals surface area contributed by atoms with Gasteiger partial charge in [0.2, 0.25) is 15.9 Å². The van der Waals surface area contributed by atoms with Crippen LogP contribution in [-0.2, 0) is 14.8 Å². The molecule has 2 aromatic carbocycles. The van der Waals surface area contributed by atoms with Crippen LogP contribution in [0.4, 0.5) is 11.4 Å². The summed E-state index contributed by atoms with van der Waals surface area (Å²) in [4.78, 5) is 12.1. The molecule has 0 aromatic heterocycles. The van der Waals surface area contributed by atoms with Crippen molar-refractivity contribution < 1.29 is 13.2 Å². The summed E-state index contributed by atoms with van der Waals surface area (Å²) in [5.74, 6) is -0.356. The number of halogens is 1. The highest BCUT2D eigenvalue weighted by Gasteiger charge is 2.21. The minimum atomic E-state index is -3.64. The molecule has 0 radical (unpaired) electrons. The summed E-state index contributed by atoms with van der Waals surface area (Å²) < 4.78 is 25.2. The van der Waals surface area contributed by atoms with Gasteiger partial charge in [0.05, 0.1) is 17.5 Å². The van der Waals surface area contributed by atoms with E-state index in [4.69, 9.17) is 16.9 Å². The molecule has 0 aliphatic carbocycles. The van der Waals surface area contributed by atoms with Gasteiger partial charge in [0.15, 0.2) is 0 Å². The van der Waals surface area contributed by atoms with Crippen molar-refractivity contribution in [3.8, 4) is 6.07 Å². The number of para-hydroxylation sites is 1. The number of carbonyl (C=O) groups excluding carboxylic acids is 1. The maximum absolute atomic E-state index is 12.1. The Morgan fingerprint density at radius 2 is 1.96 bits per heavy atom. The first-order valence-corrected chi connectivity index (χ1v) is 9.56. The van der Waals surface area contributed by atoms with Crippen LogP contribution >= 0.6 is 11.6 Å². The Morgan fingerprint density at radius 1 is 1.24 bits per heavy atom. The van der Waals surface area contributed by atoms with Crippen LogP contribution in [0.15, 0.2) is 48.5 Å². The van der Waals surface area contributed by atoms with Crippen LogP contribution in [0.1, 0.15) is 12.0 Å². The summed E-state index contributed by atoms with van der Waals surface area (Å²) in [7, 11) is -3.64. The third kappa shape index (κ3) is 5.21. The molecule has 6 nitrogen and oxygen atoms in total. The number of carbonyl (C=O) groups is 1. The molecule has 1 amide bonds. The summed E-state index contributed by atoms with van der Waals surface area (Å²) in [5.41, 5.74) is 1.01. The van der Waals surface area contributed by atoms with Gasteiger partial charge in [-0.15, -0.1) is 0 Å². The Bertz CT molecular complexity index is 923. The first-order chi connectivity index (χ1) is 11.8. The van der Waals surface area contributed by atoms with Crippen LogP contribution in [-0.4, -0.2) is 27.1 Å². The van der Waals surface area contributed by atoms with E-state index >= 15 is 0 Å². The van der Waals surface area contributed by atoms with Crippen molar-refractivity contribution in [2.24, 2.45) is 0 Å². The third-order valence-electron chi connectivity index (χ3n) is 3.34. The van der Waals surface area contributed by atoms with Gasteiger partial charge in [-0.1, -0.05) is 29.8 Å². The number of nitrogens with zero attached hydrogens (tertiary/aromatic N) is 2. The number of benzene rings is 2. The molecule has 0 unspecified atom stereocenters. The summed E-state index contributed by atoms with van der Waals surface area (Å²) in [6.45, 7) is -0.0794. The highest BCUT2D eigenvalue weighted by molar-refractivity contribution is 7.92. The minimum Gasteiger partial charge on any atom is -0.326 e. The van der Waals surface area contributed by atoms with E-state index in [9.17, 15) is 13.2 Å². The predicted molar refractivity (Wildman–Crippen MR) is 98.0 cm³/mol. The van der Waals surface area contributed by atoms with Gasteiger partial charge >= 0.3 is 0 Å². The molecule has 0 atom stereocenters. The van der Waals surface area contributed by atoms with Crippen LogP contribution in [0.3, 0.4) is 0 Å². The monoisotopic (exact) mass is 377 g/mol. The molecule has 0 saturated carbocycles. The Balaban J connectivity index is 2.14. The highest BCUT2D eigenvalue weighted by Crippen LogP contribution is 2.22. The molecule has 0 aliphatic heterocycles. The lowest BCUT2D eigenvalue weighted by Crippen LogP contribution is -2.33. The number of hydrogen-bond donors (Lipinski definition) is 1. The molecule has 1 N–H and O–H groups in total. The van der Waals surface area contributed by atoms with Crippen molar-refractivity contribution in [2.45, 2.75) is 6.42 Å². The van der Waals surface area contributed by atoms with Crippen LogP contribution in [0, 0.1) is 11.3 Å². The fourth-order valence-electron chi connectivity index (χ4n) is 2.24. The number of sulfonamides is 1. The Kier molecular flexibility index (Phi) is 6.02. The van der Waals surface area contributed by atoms with Crippen LogP contribution in [0.5, 0.6) is 0 Å². The van der Waals surface area contributed by atoms with Crippen molar-refractivity contribution in [2.75, 3.05) is 22.4 Å². The van der Waals surface area contributed by atoms with E-state index < -0.39 is 10.0 Å². The summed E-state index contributed by atoms with van der Waals surface area (Å²) >= 11 is 5.86.